The van der Waals surface area contributed by atoms with E-state index in [0.717, 1.165) is 32.4 Å². The summed E-state index contributed by atoms with van der Waals surface area (Å²) in [4.78, 5) is 26.7. The van der Waals surface area contributed by atoms with Crippen molar-refractivity contribution in [2.75, 3.05) is 31.5 Å². The molecule has 2 fully saturated rings. The van der Waals surface area contributed by atoms with Crippen molar-refractivity contribution in [2.45, 2.75) is 40.0 Å². The minimum Gasteiger partial charge on any atom is -0.339 e. The number of benzene rings is 1. The molecule has 1 aromatic carbocycles. The van der Waals surface area contributed by atoms with Crippen LogP contribution in [0.4, 0.5) is 10.1 Å². The van der Waals surface area contributed by atoms with Crippen molar-refractivity contribution < 1.29 is 14.0 Å². The summed E-state index contributed by atoms with van der Waals surface area (Å²) in [6.45, 7) is 8.77. The van der Waals surface area contributed by atoms with Crippen LogP contribution in [0.25, 0.3) is 0 Å². The van der Waals surface area contributed by atoms with Gasteiger partial charge >= 0.3 is 0 Å². The summed E-state index contributed by atoms with van der Waals surface area (Å²) >= 11 is 0. The number of hydrogen-bond donors (Lipinski definition) is 2. The Morgan fingerprint density at radius 1 is 1.19 bits per heavy atom. The van der Waals surface area contributed by atoms with Gasteiger partial charge in [0, 0.05) is 30.7 Å². The van der Waals surface area contributed by atoms with Crippen LogP contribution in [0.1, 0.15) is 50.4 Å². The number of nitrogens with one attached hydrogen (secondary N) is 2. The van der Waals surface area contributed by atoms with Gasteiger partial charge in [-0.15, -0.1) is 12.4 Å². The van der Waals surface area contributed by atoms with Gasteiger partial charge in [-0.25, -0.2) is 4.39 Å². The highest BCUT2D eigenvalue weighted by Crippen LogP contribution is 2.37. The number of hydrogen-bond acceptors (Lipinski definition) is 3. The Kier molecular flexibility index (Phi) is 6.53. The first kappa shape index (κ1) is 21.6. The molecule has 0 atom stereocenters. The number of anilines is 1. The van der Waals surface area contributed by atoms with Crippen LogP contribution in [-0.4, -0.2) is 42.9 Å². The van der Waals surface area contributed by atoms with Crippen molar-refractivity contribution in [2.24, 2.45) is 10.8 Å². The predicted molar refractivity (Wildman–Crippen MR) is 107 cm³/mol. The number of carbonyl (C=O) groups excluding carboxylic acids is 2. The fourth-order valence-electron chi connectivity index (χ4n) is 3.66. The Balaban J connectivity index is 0.00000261. The van der Waals surface area contributed by atoms with E-state index < -0.39 is 11.2 Å². The lowest BCUT2D eigenvalue weighted by atomic mass is 9.78. The summed E-state index contributed by atoms with van der Waals surface area (Å²) in [6.07, 6.45) is 3.05. The van der Waals surface area contributed by atoms with Gasteiger partial charge in [0.25, 0.3) is 5.91 Å². The standard InChI is InChI=1S/C20H28FN3O2.ClH/c1-19(2,3)18(26)23-14-4-5-16(21)15(12-14)17(25)24-10-7-20(8-11-24)6-9-22-13-20;/h4-5,12,22H,6-11,13H2,1-3H3,(H,23,26);1H. The first-order chi connectivity index (χ1) is 12.2. The smallest absolute Gasteiger partial charge is 0.256 e. The zero-order valence-corrected chi connectivity index (χ0v) is 17.0. The van der Waals surface area contributed by atoms with Crippen molar-refractivity contribution in [1.82, 2.24) is 10.2 Å². The van der Waals surface area contributed by atoms with Crippen LogP contribution < -0.4 is 10.6 Å². The quantitative estimate of drug-likeness (QED) is 0.803. The minimum absolute atomic E-state index is 0. The Hall–Kier alpha value is -1.66. The molecular formula is C20H29ClFN3O2. The van der Waals surface area contributed by atoms with Crippen molar-refractivity contribution in [3.63, 3.8) is 0 Å². The molecule has 3 rings (SSSR count). The SMILES string of the molecule is CC(C)(C)C(=O)Nc1ccc(F)c(C(=O)N2CCC3(CCNC3)CC2)c1.Cl. The second-order valence-corrected chi connectivity index (χ2v) is 8.62. The van der Waals surface area contributed by atoms with Gasteiger partial charge in [0.1, 0.15) is 5.82 Å². The summed E-state index contributed by atoms with van der Waals surface area (Å²) in [5.41, 5.74) is 0.216. The fraction of sp³-hybridized carbons (Fsp3) is 0.600. The minimum atomic E-state index is -0.560. The molecule has 0 unspecified atom stereocenters. The number of carbonyl (C=O) groups is 2. The molecule has 0 radical (unpaired) electrons. The molecule has 2 amide bonds. The molecular weight excluding hydrogens is 369 g/mol. The zero-order valence-electron chi connectivity index (χ0n) is 16.2. The van der Waals surface area contributed by atoms with E-state index in [0.29, 0.717) is 24.2 Å². The molecule has 5 nitrogen and oxygen atoms in total. The molecule has 2 aliphatic rings. The Morgan fingerprint density at radius 3 is 2.41 bits per heavy atom. The number of nitrogens with zero attached hydrogens (tertiary/aromatic N) is 1. The molecule has 2 N–H and O–H groups in total. The molecule has 2 aliphatic heterocycles. The summed E-state index contributed by atoms with van der Waals surface area (Å²) in [5.74, 6) is -1.02. The van der Waals surface area contributed by atoms with Crippen LogP contribution in [0.5, 0.6) is 0 Å². The van der Waals surface area contributed by atoms with Gasteiger partial charge in [-0.2, -0.15) is 0 Å². The normalized spacial score (nSPS) is 18.9. The van der Waals surface area contributed by atoms with E-state index in [-0.39, 0.29) is 29.8 Å². The number of rotatable bonds is 2. The molecule has 1 spiro atoms. The summed E-state index contributed by atoms with van der Waals surface area (Å²) in [6, 6.07) is 4.19. The van der Waals surface area contributed by atoms with Crippen LogP contribution in [0.15, 0.2) is 18.2 Å². The number of amides is 2. The Labute approximate surface area is 166 Å². The second kappa shape index (κ2) is 8.15. The molecule has 1 aromatic rings. The molecule has 0 saturated carbocycles. The van der Waals surface area contributed by atoms with Crippen LogP contribution in [0, 0.1) is 16.6 Å². The third kappa shape index (κ3) is 4.79. The number of likely N-dealkylation sites (tertiary alicyclic amines) is 1. The van der Waals surface area contributed by atoms with Crippen LogP contribution in [-0.2, 0) is 4.79 Å². The number of halogens is 2. The van der Waals surface area contributed by atoms with Crippen LogP contribution >= 0.6 is 12.4 Å². The van der Waals surface area contributed by atoms with E-state index >= 15 is 0 Å². The van der Waals surface area contributed by atoms with E-state index in [9.17, 15) is 14.0 Å². The van der Waals surface area contributed by atoms with Crippen molar-refractivity contribution in [3.8, 4) is 0 Å². The second-order valence-electron chi connectivity index (χ2n) is 8.62. The average molecular weight is 398 g/mol. The molecule has 2 saturated heterocycles. The lowest BCUT2D eigenvalue weighted by molar-refractivity contribution is -0.123. The van der Waals surface area contributed by atoms with Crippen molar-refractivity contribution in [1.29, 1.82) is 0 Å². The van der Waals surface area contributed by atoms with Gasteiger partial charge in [-0.1, -0.05) is 20.8 Å². The van der Waals surface area contributed by atoms with Gasteiger partial charge in [0.2, 0.25) is 5.91 Å². The van der Waals surface area contributed by atoms with Gasteiger partial charge in [0.15, 0.2) is 0 Å². The van der Waals surface area contributed by atoms with E-state index in [1.807, 2.05) is 0 Å². The summed E-state index contributed by atoms with van der Waals surface area (Å²) in [7, 11) is 0. The van der Waals surface area contributed by atoms with E-state index in [2.05, 4.69) is 10.6 Å². The summed E-state index contributed by atoms with van der Waals surface area (Å²) < 4.78 is 14.3. The van der Waals surface area contributed by atoms with Gasteiger partial charge in [0.05, 0.1) is 5.56 Å². The highest BCUT2D eigenvalue weighted by molar-refractivity contribution is 5.98. The molecule has 150 valence electrons. The highest BCUT2D eigenvalue weighted by Gasteiger charge is 2.38. The molecule has 2 heterocycles. The molecule has 27 heavy (non-hydrogen) atoms. The zero-order chi connectivity index (χ0) is 18.9. The van der Waals surface area contributed by atoms with E-state index in [1.54, 1.807) is 25.7 Å². The predicted octanol–water partition coefficient (Wildman–Crippen LogP) is 3.45. The van der Waals surface area contributed by atoms with E-state index in [4.69, 9.17) is 0 Å². The fourth-order valence-corrected chi connectivity index (χ4v) is 3.66. The highest BCUT2D eigenvalue weighted by atomic mass is 35.5. The Morgan fingerprint density at radius 2 is 1.85 bits per heavy atom. The topological polar surface area (TPSA) is 61.4 Å². The third-order valence-corrected chi connectivity index (χ3v) is 5.58. The molecule has 7 heteroatoms. The van der Waals surface area contributed by atoms with Crippen molar-refractivity contribution >= 4 is 29.9 Å². The average Bonchev–Trinajstić information content (AvgIpc) is 3.04. The number of piperidine rings is 1. The lowest BCUT2D eigenvalue weighted by Gasteiger charge is -2.39. The first-order valence-electron chi connectivity index (χ1n) is 9.31. The first-order valence-corrected chi connectivity index (χ1v) is 9.31. The maximum absolute atomic E-state index is 14.3. The molecule has 0 bridgehead atoms. The van der Waals surface area contributed by atoms with Gasteiger partial charge < -0.3 is 15.5 Å². The van der Waals surface area contributed by atoms with Crippen molar-refractivity contribution in [3.05, 3.63) is 29.6 Å². The largest absolute Gasteiger partial charge is 0.339 e. The van der Waals surface area contributed by atoms with Crippen LogP contribution in [0.3, 0.4) is 0 Å². The molecule has 0 aromatic heterocycles. The van der Waals surface area contributed by atoms with Gasteiger partial charge in [-0.3, -0.25) is 9.59 Å². The third-order valence-electron chi connectivity index (χ3n) is 5.58. The van der Waals surface area contributed by atoms with Gasteiger partial charge in [-0.05, 0) is 49.4 Å². The maximum atomic E-state index is 14.3. The maximum Gasteiger partial charge on any atom is 0.256 e. The lowest BCUT2D eigenvalue weighted by Crippen LogP contribution is -2.44. The van der Waals surface area contributed by atoms with E-state index in [1.165, 1.54) is 18.2 Å². The Bertz CT molecular complexity index is 702. The summed E-state index contributed by atoms with van der Waals surface area (Å²) in [5, 5.41) is 6.16. The monoisotopic (exact) mass is 397 g/mol. The van der Waals surface area contributed by atoms with Crippen LogP contribution in [0.2, 0.25) is 0 Å². The molecule has 0 aliphatic carbocycles.